The number of carbonyl (C=O) groups excluding carboxylic acids is 2. The van der Waals surface area contributed by atoms with Gasteiger partial charge in [0.1, 0.15) is 5.60 Å². The fourth-order valence-corrected chi connectivity index (χ4v) is 4.80. The molecule has 0 aromatic heterocycles. The summed E-state index contributed by atoms with van der Waals surface area (Å²) in [5, 5.41) is 17.4. The maximum absolute atomic E-state index is 14.4. The predicted octanol–water partition coefficient (Wildman–Crippen LogP) is 5.64. The van der Waals surface area contributed by atoms with Crippen LogP contribution in [0.4, 0.5) is 9.18 Å². The first-order valence-corrected chi connectivity index (χ1v) is 15.1. The van der Waals surface area contributed by atoms with Crippen LogP contribution in [0, 0.1) is 29.5 Å². The van der Waals surface area contributed by atoms with Crippen molar-refractivity contribution in [1.82, 2.24) is 10.6 Å². The molecule has 0 saturated heterocycles. The standard InChI is InChI=1S/C32H53FN2O6/c1-20(2)23(16-22-10-13-26(33)29(17-22)40-15-9-14-39-8)18-27(35-31(38)41-32(5,6)7)28(36)19-25(21(3)4)30(37)34-24-11-12-24/h10,13,17,20-21,23-25,27-28,36H,9,11-12,14-16,18-19H2,1-8H3,(H,34,37)(H,35,38)/t23-,25+,27+,28-/m1/s1. The van der Waals surface area contributed by atoms with Crippen LogP contribution >= 0.6 is 0 Å². The number of carbonyl (C=O) groups is 2. The molecule has 1 aromatic rings. The molecule has 8 nitrogen and oxygen atoms in total. The smallest absolute Gasteiger partial charge is 0.407 e. The fourth-order valence-electron chi connectivity index (χ4n) is 4.80. The highest BCUT2D eigenvalue weighted by atomic mass is 19.1. The lowest BCUT2D eigenvalue weighted by Crippen LogP contribution is -2.49. The number of hydrogen-bond donors (Lipinski definition) is 3. The lowest BCUT2D eigenvalue weighted by Gasteiger charge is -2.33. The Morgan fingerprint density at radius 1 is 1.07 bits per heavy atom. The average molecular weight is 581 g/mol. The van der Waals surface area contributed by atoms with Gasteiger partial charge in [-0.05, 0) is 88.3 Å². The lowest BCUT2D eigenvalue weighted by atomic mass is 9.80. The van der Waals surface area contributed by atoms with Crippen molar-refractivity contribution >= 4 is 12.0 Å². The number of amides is 2. The number of alkyl carbamates (subject to hydrolysis) is 1. The number of ether oxygens (including phenoxy) is 3. The van der Waals surface area contributed by atoms with E-state index in [1.165, 1.54) is 6.07 Å². The third-order valence-electron chi connectivity index (χ3n) is 7.47. The third kappa shape index (κ3) is 13.0. The number of rotatable bonds is 17. The Morgan fingerprint density at radius 3 is 2.32 bits per heavy atom. The Labute approximate surface area is 246 Å². The Morgan fingerprint density at radius 2 is 1.76 bits per heavy atom. The van der Waals surface area contributed by atoms with Gasteiger partial charge in [0, 0.05) is 32.1 Å². The Bertz CT molecular complexity index is 960. The van der Waals surface area contributed by atoms with E-state index >= 15 is 0 Å². The highest BCUT2D eigenvalue weighted by Crippen LogP contribution is 2.29. The highest BCUT2D eigenvalue weighted by Gasteiger charge is 2.35. The fraction of sp³-hybridized carbons (Fsp3) is 0.750. The second-order valence-corrected chi connectivity index (χ2v) is 13.1. The summed E-state index contributed by atoms with van der Waals surface area (Å²) >= 11 is 0. The molecule has 0 aliphatic heterocycles. The van der Waals surface area contributed by atoms with E-state index in [-0.39, 0.29) is 47.8 Å². The molecule has 1 aliphatic carbocycles. The van der Waals surface area contributed by atoms with E-state index in [1.54, 1.807) is 40.0 Å². The molecular weight excluding hydrogens is 527 g/mol. The number of hydrogen-bond acceptors (Lipinski definition) is 6. The van der Waals surface area contributed by atoms with E-state index < -0.39 is 29.7 Å². The minimum absolute atomic E-state index is 0.0213. The molecule has 2 rings (SSSR count). The topological polar surface area (TPSA) is 106 Å². The van der Waals surface area contributed by atoms with Gasteiger partial charge in [0.05, 0.1) is 18.8 Å². The Kier molecular flexibility index (Phi) is 13.8. The summed E-state index contributed by atoms with van der Waals surface area (Å²) in [5.41, 5.74) is 0.205. The number of aliphatic hydroxyl groups is 1. The number of methoxy groups -OCH3 is 1. The van der Waals surface area contributed by atoms with Crippen molar-refractivity contribution < 1.29 is 33.3 Å². The first-order valence-electron chi connectivity index (χ1n) is 15.1. The zero-order valence-corrected chi connectivity index (χ0v) is 26.3. The third-order valence-corrected chi connectivity index (χ3v) is 7.47. The normalized spacial score (nSPS) is 16.7. The Hall–Kier alpha value is -2.39. The maximum atomic E-state index is 14.4. The molecule has 9 heteroatoms. The van der Waals surface area contributed by atoms with Crippen LogP contribution in [-0.2, 0) is 20.7 Å². The molecule has 41 heavy (non-hydrogen) atoms. The van der Waals surface area contributed by atoms with Crippen LogP contribution in [0.15, 0.2) is 18.2 Å². The van der Waals surface area contributed by atoms with Crippen molar-refractivity contribution in [3.63, 3.8) is 0 Å². The van der Waals surface area contributed by atoms with Crippen molar-refractivity contribution in [3.8, 4) is 5.75 Å². The van der Waals surface area contributed by atoms with Gasteiger partial charge in [-0.15, -0.1) is 0 Å². The van der Waals surface area contributed by atoms with E-state index in [9.17, 15) is 19.1 Å². The molecule has 0 unspecified atom stereocenters. The molecule has 234 valence electrons. The van der Waals surface area contributed by atoms with Gasteiger partial charge in [-0.3, -0.25) is 4.79 Å². The van der Waals surface area contributed by atoms with Gasteiger partial charge in [-0.25, -0.2) is 9.18 Å². The van der Waals surface area contributed by atoms with Crippen LogP contribution in [0.2, 0.25) is 0 Å². The minimum Gasteiger partial charge on any atom is -0.490 e. The first-order chi connectivity index (χ1) is 19.2. The van der Waals surface area contributed by atoms with Gasteiger partial charge < -0.3 is 30.0 Å². The van der Waals surface area contributed by atoms with Crippen LogP contribution < -0.4 is 15.4 Å². The van der Waals surface area contributed by atoms with Crippen molar-refractivity contribution in [2.24, 2.45) is 23.7 Å². The second kappa shape index (κ2) is 16.3. The summed E-state index contributed by atoms with van der Waals surface area (Å²) in [6, 6.07) is 4.47. The van der Waals surface area contributed by atoms with Crippen molar-refractivity contribution in [3.05, 3.63) is 29.6 Å². The van der Waals surface area contributed by atoms with Crippen LogP contribution in [0.25, 0.3) is 0 Å². The largest absolute Gasteiger partial charge is 0.490 e. The Balaban J connectivity index is 2.22. The molecule has 0 bridgehead atoms. The number of nitrogens with one attached hydrogen (secondary N) is 2. The quantitative estimate of drug-likeness (QED) is 0.206. The highest BCUT2D eigenvalue weighted by molar-refractivity contribution is 5.79. The molecule has 0 radical (unpaired) electrons. The van der Waals surface area contributed by atoms with Crippen LogP contribution in [0.5, 0.6) is 5.75 Å². The van der Waals surface area contributed by atoms with E-state index in [2.05, 4.69) is 24.5 Å². The predicted molar refractivity (Wildman–Crippen MR) is 158 cm³/mol. The van der Waals surface area contributed by atoms with Crippen LogP contribution in [0.3, 0.4) is 0 Å². The molecular formula is C32H53FN2O6. The van der Waals surface area contributed by atoms with E-state index in [0.29, 0.717) is 32.5 Å². The summed E-state index contributed by atoms with van der Waals surface area (Å²) in [4.78, 5) is 25.8. The van der Waals surface area contributed by atoms with Gasteiger partial charge in [-0.2, -0.15) is 0 Å². The summed E-state index contributed by atoms with van der Waals surface area (Å²) in [6.07, 6.45) is 2.33. The SMILES string of the molecule is COCCCOc1cc(C[C@H](C[C@H](NC(=O)OC(C)(C)C)[C@H](O)C[C@H](C(=O)NC2CC2)C(C)C)C(C)C)ccc1F. The van der Waals surface area contributed by atoms with Gasteiger partial charge in [0.2, 0.25) is 5.91 Å². The first kappa shape index (κ1) is 34.8. The number of halogens is 1. The number of benzene rings is 1. The monoisotopic (exact) mass is 580 g/mol. The van der Waals surface area contributed by atoms with Gasteiger partial charge in [0.15, 0.2) is 11.6 Å². The molecule has 1 aliphatic rings. The van der Waals surface area contributed by atoms with Crippen LogP contribution in [-0.4, -0.2) is 61.2 Å². The molecule has 0 heterocycles. The van der Waals surface area contributed by atoms with E-state index in [0.717, 1.165) is 18.4 Å². The molecule has 3 N–H and O–H groups in total. The van der Waals surface area contributed by atoms with Gasteiger partial charge in [-0.1, -0.05) is 33.8 Å². The zero-order chi connectivity index (χ0) is 30.7. The molecule has 1 fully saturated rings. The summed E-state index contributed by atoms with van der Waals surface area (Å²) in [7, 11) is 1.61. The summed E-state index contributed by atoms with van der Waals surface area (Å²) in [6.45, 7) is 14.4. The van der Waals surface area contributed by atoms with Crippen LogP contribution in [0.1, 0.15) is 86.1 Å². The van der Waals surface area contributed by atoms with E-state index in [4.69, 9.17) is 14.2 Å². The lowest BCUT2D eigenvalue weighted by molar-refractivity contribution is -0.127. The molecule has 1 aromatic carbocycles. The molecule has 0 spiro atoms. The average Bonchev–Trinajstić information content (AvgIpc) is 3.68. The maximum Gasteiger partial charge on any atom is 0.407 e. The summed E-state index contributed by atoms with van der Waals surface area (Å²) < 4.78 is 30.6. The number of aliphatic hydroxyl groups excluding tert-OH is 1. The van der Waals surface area contributed by atoms with Gasteiger partial charge in [0.25, 0.3) is 0 Å². The van der Waals surface area contributed by atoms with Crippen molar-refractivity contribution in [2.75, 3.05) is 20.3 Å². The molecule has 4 atom stereocenters. The van der Waals surface area contributed by atoms with E-state index in [1.807, 2.05) is 13.8 Å². The minimum atomic E-state index is -0.964. The van der Waals surface area contributed by atoms with Crippen molar-refractivity contribution in [1.29, 1.82) is 0 Å². The molecule has 1 saturated carbocycles. The molecule has 2 amide bonds. The van der Waals surface area contributed by atoms with Crippen molar-refractivity contribution in [2.45, 2.75) is 111 Å². The second-order valence-electron chi connectivity index (χ2n) is 13.1. The zero-order valence-electron chi connectivity index (χ0n) is 26.3. The van der Waals surface area contributed by atoms with Gasteiger partial charge >= 0.3 is 6.09 Å². The summed E-state index contributed by atoms with van der Waals surface area (Å²) in [5.74, 6) is -0.409.